The lowest BCUT2D eigenvalue weighted by atomic mass is 10.1. The Hall–Kier alpha value is -1.72. The third-order valence-electron chi connectivity index (χ3n) is 3.16. The van der Waals surface area contributed by atoms with Crippen molar-refractivity contribution in [3.63, 3.8) is 0 Å². The zero-order chi connectivity index (χ0) is 13.7. The second kappa shape index (κ2) is 6.45. The molecule has 0 unspecified atom stereocenters. The Morgan fingerprint density at radius 1 is 1.32 bits per heavy atom. The van der Waals surface area contributed by atoms with Gasteiger partial charge in [0.1, 0.15) is 13.1 Å². The van der Waals surface area contributed by atoms with Gasteiger partial charge in [-0.15, -0.1) is 0 Å². The summed E-state index contributed by atoms with van der Waals surface area (Å²) in [7, 11) is 0. The number of quaternary nitrogens is 1. The van der Waals surface area contributed by atoms with Crippen molar-refractivity contribution >= 4 is 17.4 Å². The summed E-state index contributed by atoms with van der Waals surface area (Å²) in [4.78, 5) is 24.4. The highest BCUT2D eigenvalue weighted by molar-refractivity contribution is 5.97. The molecular formula is C14H19N2O3+. The van der Waals surface area contributed by atoms with Crippen LogP contribution in [0.1, 0.15) is 17.3 Å². The van der Waals surface area contributed by atoms with Crippen LogP contribution in [-0.2, 0) is 9.53 Å². The molecule has 0 aromatic heterocycles. The maximum atomic E-state index is 11.9. The molecule has 1 aliphatic heterocycles. The molecule has 5 heteroatoms. The number of benzene rings is 1. The van der Waals surface area contributed by atoms with Crippen LogP contribution in [0.5, 0.6) is 0 Å². The lowest BCUT2D eigenvalue weighted by Gasteiger charge is -2.23. The number of carbonyl (C=O) groups excluding carboxylic acids is 2. The van der Waals surface area contributed by atoms with E-state index in [1.807, 2.05) is 0 Å². The van der Waals surface area contributed by atoms with Crippen LogP contribution in [-0.4, -0.2) is 44.5 Å². The van der Waals surface area contributed by atoms with E-state index in [-0.39, 0.29) is 11.7 Å². The largest absolute Gasteiger partial charge is 0.370 e. The van der Waals surface area contributed by atoms with E-state index in [1.54, 1.807) is 24.3 Å². The number of morpholine rings is 1. The highest BCUT2D eigenvalue weighted by Gasteiger charge is 2.17. The highest BCUT2D eigenvalue weighted by atomic mass is 16.5. The number of rotatable bonds is 4. The Balaban J connectivity index is 1.90. The number of hydrogen-bond donors (Lipinski definition) is 2. The highest BCUT2D eigenvalue weighted by Crippen LogP contribution is 2.10. The molecule has 0 bridgehead atoms. The number of carbonyl (C=O) groups is 2. The molecule has 102 valence electrons. The van der Waals surface area contributed by atoms with Crippen LogP contribution in [0.2, 0.25) is 0 Å². The molecule has 1 aromatic carbocycles. The van der Waals surface area contributed by atoms with E-state index in [9.17, 15) is 9.59 Å². The summed E-state index contributed by atoms with van der Waals surface area (Å²) in [6, 6.07) is 7.01. The SMILES string of the molecule is CC(=O)c1cccc(NC(=O)C[NH+]2CCOCC2)c1. The average molecular weight is 263 g/mol. The van der Waals surface area contributed by atoms with Gasteiger partial charge in [0.15, 0.2) is 12.3 Å². The first kappa shape index (κ1) is 13.7. The van der Waals surface area contributed by atoms with Crippen molar-refractivity contribution in [3.8, 4) is 0 Å². The van der Waals surface area contributed by atoms with Gasteiger partial charge in [-0.1, -0.05) is 12.1 Å². The molecule has 1 fully saturated rings. The van der Waals surface area contributed by atoms with Crippen LogP contribution in [0.4, 0.5) is 5.69 Å². The molecule has 2 rings (SSSR count). The summed E-state index contributed by atoms with van der Waals surface area (Å²) >= 11 is 0. The van der Waals surface area contributed by atoms with Gasteiger partial charge in [0.25, 0.3) is 5.91 Å². The van der Waals surface area contributed by atoms with Crippen LogP contribution in [0.15, 0.2) is 24.3 Å². The summed E-state index contributed by atoms with van der Waals surface area (Å²) in [6.07, 6.45) is 0. The van der Waals surface area contributed by atoms with E-state index in [0.29, 0.717) is 31.0 Å². The van der Waals surface area contributed by atoms with Crippen molar-refractivity contribution in [1.82, 2.24) is 0 Å². The molecule has 5 nitrogen and oxygen atoms in total. The smallest absolute Gasteiger partial charge is 0.279 e. The van der Waals surface area contributed by atoms with Crippen molar-refractivity contribution in [2.24, 2.45) is 0 Å². The van der Waals surface area contributed by atoms with Crippen LogP contribution in [0.25, 0.3) is 0 Å². The molecule has 0 radical (unpaired) electrons. The topological polar surface area (TPSA) is 59.8 Å². The van der Waals surface area contributed by atoms with Gasteiger partial charge in [0, 0.05) is 11.3 Å². The van der Waals surface area contributed by atoms with Crippen molar-refractivity contribution in [2.75, 3.05) is 38.2 Å². The summed E-state index contributed by atoms with van der Waals surface area (Å²) in [5.74, 6) is -0.0347. The number of amides is 1. The maximum Gasteiger partial charge on any atom is 0.279 e. The summed E-state index contributed by atoms with van der Waals surface area (Å²) in [5.41, 5.74) is 1.28. The van der Waals surface area contributed by atoms with Crippen LogP contribution >= 0.6 is 0 Å². The van der Waals surface area contributed by atoms with Gasteiger partial charge in [-0.05, 0) is 19.1 Å². The van der Waals surface area contributed by atoms with Crippen LogP contribution < -0.4 is 10.2 Å². The fourth-order valence-corrected chi connectivity index (χ4v) is 2.09. The number of Topliss-reactive ketones (excluding diaryl/α,β-unsaturated/α-hetero) is 1. The molecular weight excluding hydrogens is 244 g/mol. The molecule has 0 aliphatic carbocycles. The van der Waals surface area contributed by atoms with Gasteiger partial charge in [0.2, 0.25) is 0 Å². The fourth-order valence-electron chi connectivity index (χ4n) is 2.09. The van der Waals surface area contributed by atoms with Gasteiger partial charge >= 0.3 is 0 Å². The van der Waals surface area contributed by atoms with E-state index in [2.05, 4.69) is 5.32 Å². The van der Waals surface area contributed by atoms with Gasteiger partial charge in [-0.25, -0.2) is 0 Å². The first-order valence-corrected chi connectivity index (χ1v) is 6.47. The van der Waals surface area contributed by atoms with E-state index in [4.69, 9.17) is 4.74 Å². The summed E-state index contributed by atoms with van der Waals surface area (Å²) < 4.78 is 5.25. The minimum absolute atomic E-state index is 0.00472. The quantitative estimate of drug-likeness (QED) is 0.736. The number of anilines is 1. The third-order valence-corrected chi connectivity index (χ3v) is 3.16. The second-order valence-electron chi connectivity index (χ2n) is 4.72. The zero-order valence-corrected chi connectivity index (χ0v) is 11.1. The molecule has 0 saturated carbocycles. The minimum Gasteiger partial charge on any atom is -0.370 e. The predicted molar refractivity (Wildman–Crippen MR) is 71.5 cm³/mol. The van der Waals surface area contributed by atoms with Crippen LogP contribution in [0.3, 0.4) is 0 Å². The second-order valence-corrected chi connectivity index (χ2v) is 4.72. The van der Waals surface area contributed by atoms with Gasteiger partial charge in [-0.3, -0.25) is 9.59 Å². The number of nitrogens with one attached hydrogen (secondary N) is 2. The summed E-state index contributed by atoms with van der Waals surface area (Å²) in [5, 5.41) is 2.83. The lowest BCUT2D eigenvalue weighted by molar-refractivity contribution is -0.899. The Morgan fingerprint density at radius 2 is 2.05 bits per heavy atom. The molecule has 19 heavy (non-hydrogen) atoms. The zero-order valence-electron chi connectivity index (χ0n) is 11.1. The fraction of sp³-hybridized carbons (Fsp3) is 0.429. The number of ketones is 1. The first-order valence-electron chi connectivity index (χ1n) is 6.47. The monoisotopic (exact) mass is 263 g/mol. The van der Waals surface area contributed by atoms with E-state index >= 15 is 0 Å². The molecule has 1 saturated heterocycles. The molecule has 0 spiro atoms. The normalized spacial score (nSPS) is 16.1. The Kier molecular flexibility index (Phi) is 4.65. The van der Waals surface area contributed by atoms with Crippen molar-refractivity contribution in [1.29, 1.82) is 0 Å². The first-order chi connectivity index (χ1) is 9.15. The minimum atomic E-state index is -0.0300. The predicted octanol–water partition coefficient (Wildman–Crippen LogP) is -0.257. The van der Waals surface area contributed by atoms with E-state index in [1.165, 1.54) is 11.8 Å². The maximum absolute atomic E-state index is 11.9. The van der Waals surface area contributed by atoms with Crippen molar-refractivity contribution < 1.29 is 19.2 Å². The number of hydrogen-bond acceptors (Lipinski definition) is 3. The molecule has 1 aromatic rings. The molecule has 0 atom stereocenters. The lowest BCUT2D eigenvalue weighted by Crippen LogP contribution is -3.15. The van der Waals surface area contributed by atoms with Gasteiger partial charge < -0.3 is 15.0 Å². The molecule has 2 N–H and O–H groups in total. The molecule has 1 amide bonds. The Bertz CT molecular complexity index is 468. The van der Waals surface area contributed by atoms with Crippen LogP contribution in [0, 0.1) is 0 Å². The average Bonchev–Trinajstić information content (AvgIpc) is 2.40. The van der Waals surface area contributed by atoms with Crippen molar-refractivity contribution in [2.45, 2.75) is 6.92 Å². The van der Waals surface area contributed by atoms with E-state index < -0.39 is 0 Å². The summed E-state index contributed by atoms with van der Waals surface area (Å²) in [6.45, 7) is 5.10. The standard InChI is InChI=1S/C14H18N2O3/c1-11(17)12-3-2-4-13(9-12)15-14(18)10-16-5-7-19-8-6-16/h2-4,9H,5-8,10H2,1H3,(H,15,18)/p+1. The molecule has 1 aliphatic rings. The van der Waals surface area contributed by atoms with Gasteiger partial charge in [-0.2, -0.15) is 0 Å². The van der Waals surface area contributed by atoms with Crippen molar-refractivity contribution in [3.05, 3.63) is 29.8 Å². The third kappa shape index (κ3) is 4.15. The van der Waals surface area contributed by atoms with Gasteiger partial charge in [0.05, 0.1) is 13.2 Å². The molecule has 1 heterocycles. The Morgan fingerprint density at radius 3 is 2.74 bits per heavy atom. The Labute approximate surface area is 112 Å². The van der Waals surface area contributed by atoms with E-state index in [0.717, 1.165) is 13.1 Å². The number of ether oxygens (including phenoxy) is 1.